The van der Waals surface area contributed by atoms with Gasteiger partial charge in [-0.1, -0.05) is 0 Å². The van der Waals surface area contributed by atoms with Gasteiger partial charge in [-0.15, -0.1) is 24.0 Å². The molecule has 1 saturated carbocycles. The van der Waals surface area contributed by atoms with Crippen molar-refractivity contribution in [3.63, 3.8) is 0 Å². The Morgan fingerprint density at radius 2 is 1.95 bits per heavy atom. The molecule has 1 aliphatic rings. The number of nitrogens with zero attached hydrogens (tertiary/aromatic N) is 2. The monoisotopic (exact) mass is 428 g/mol. The maximum atomic E-state index is 4.29. The first-order chi connectivity index (χ1) is 9.39. The summed E-state index contributed by atoms with van der Waals surface area (Å²) in [5.41, 5.74) is 0. The van der Waals surface area contributed by atoms with Gasteiger partial charge in [-0.3, -0.25) is 9.89 Å². The van der Waals surface area contributed by atoms with Gasteiger partial charge < -0.3 is 10.6 Å². The van der Waals surface area contributed by atoms with Crippen molar-refractivity contribution < 1.29 is 0 Å². The van der Waals surface area contributed by atoms with Gasteiger partial charge in [0.05, 0.1) is 0 Å². The Morgan fingerprint density at radius 1 is 1.33 bits per heavy atom. The molecule has 4 nitrogen and oxygen atoms in total. The third-order valence-electron chi connectivity index (χ3n) is 3.80. The van der Waals surface area contributed by atoms with Crippen LogP contribution in [0.3, 0.4) is 0 Å². The summed E-state index contributed by atoms with van der Waals surface area (Å²) in [6.07, 6.45) is 4.88. The van der Waals surface area contributed by atoms with Crippen LogP contribution in [0, 0.1) is 0 Å². The average molecular weight is 428 g/mol. The van der Waals surface area contributed by atoms with Crippen LogP contribution in [0.15, 0.2) is 4.99 Å². The number of nitrogens with one attached hydrogen (secondary N) is 2. The molecule has 0 aromatic rings. The second-order valence-corrected chi connectivity index (χ2v) is 7.89. The zero-order valence-corrected chi connectivity index (χ0v) is 17.5. The molecule has 21 heavy (non-hydrogen) atoms. The Balaban J connectivity index is 0.00000400. The van der Waals surface area contributed by atoms with E-state index in [2.05, 4.69) is 54.5 Å². The quantitative estimate of drug-likeness (QED) is 0.354. The molecule has 1 aliphatic carbocycles. The summed E-state index contributed by atoms with van der Waals surface area (Å²) in [5.74, 6) is 0.909. The smallest absolute Gasteiger partial charge is 0.191 e. The van der Waals surface area contributed by atoms with Crippen LogP contribution in [0.25, 0.3) is 0 Å². The van der Waals surface area contributed by atoms with Crippen LogP contribution in [0.1, 0.15) is 40.5 Å². The average Bonchev–Trinajstić information content (AvgIpc) is 3.22. The largest absolute Gasteiger partial charge is 0.355 e. The lowest BCUT2D eigenvalue weighted by atomic mass is 10.2. The van der Waals surface area contributed by atoms with E-state index in [0.29, 0.717) is 6.04 Å². The molecule has 0 bridgehead atoms. The molecule has 0 radical (unpaired) electrons. The molecule has 0 amide bonds. The van der Waals surface area contributed by atoms with Crippen molar-refractivity contribution in [1.29, 1.82) is 0 Å². The number of aliphatic imine (C=N–C) groups is 1. The molecule has 0 heterocycles. The summed E-state index contributed by atoms with van der Waals surface area (Å²) in [6.45, 7) is 12.0. The number of rotatable bonds is 8. The van der Waals surface area contributed by atoms with Gasteiger partial charge in [-0.25, -0.2) is 0 Å². The molecule has 6 heteroatoms. The van der Waals surface area contributed by atoms with Crippen LogP contribution in [0.2, 0.25) is 0 Å². The lowest BCUT2D eigenvalue weighted by Gasteiger charge is -2.27. The number of hydrogen-bond donors (Lipinski definition) is 2. The van der Waals surface area contributed by atoms with Gasteiger partial charge in [-0.05, 0) is 46.8 Å². The molecular weight excluding hydrogens is 395 g/mol. The highest BCUT2D eigenvalue weighted by molar-refractivity contribution is 14.0. The van der Waals surface area contributed by atoms with Crippen LogP contribution in [0.5, 0.6) is 0 Å². The van der Waals surface area contributed by atoms with Gasteiger partial charge in [-0.2, -0.15) is 11.8 Å². The van der Waals surface area contributed by atoms with Crippen LogP contribution < -0.4 is 10.6 Å². The Bertz CT molecular complexity index is 315. The number of halogens is 1. The molecule has 0 atom stereocenters. The molecule has 0 aromatic heterocycles. The topological polar surface area (TPSA) is 39.7 Å². The zero-order chi connectivity index (χ0) is 15.2. The molecule has 1 fully saturated rings. The molecule has 126 valence electrons. The van der Waals surface area contributed by atoms with Crippen molar-refractivity contribution in [3.8, 4) is 0 Å². The van der Waals surface area contributed by atoms with Gasteiger partial charge in [0, 0.05) is 43.5 Å². The van der Waals surface area contributed by atoms with E-state index in [0.717, 1.165) is 31.6 Å². The molecular formula is C15H33IN4S. The van der Waals surface area contributed by atoms with Crippen LogP contribution >= 0.6 is 35.7 Å². The SMILES string of the molecule is CN=C(NCCN(C(C)C)C1CC1)NCC(C)(C)SC.I. The minimum absolute atomic E-state index is 0. The molecule has 0 unspecified atom stereocenters. The molecule has 0 aromatic carbocycles. The minimum atomic E-state index is 0. The molecule has 0 aliphatic heterocycles. The highest BCUT2D eigenvalue weighted by Gasteiger charge is 2.30. The Hall–Kier alpha value is 0.310. The summed E-state index contributed by atoms with van der Waals surface area (Å²) in [6, 6.07) is 1.46. The predicted octanol–water partition coefficient (Wildman–Crippen LogP) is 2.78. The van der Waals surface area contributed by atoms with Crippen molar-refractivity contribution in [2.45, 2.75) is 57.4 Å². The van der Waals surface area contributed by atoms with Crippen LogP contribution in [-0.4, -0.2) is 60.6 Å². The minimum Gasteiger partial charge on any atom is -0.355 e. The normalized spacial score (nSPS) is 16.1. The summed E-state index contributed by atoms with van der Waals surface area (Å²) < 4.78 is 0.232. The van der Waals surface area contributed by atoms with Gasteiger partial charge in [0.15, 0.2) is 5.96 Å². The first-order valence-electron chi connectivity index (χ1n) is 7.65. The summed E-state index contributed by atoms with van der Waals surface area (Å²) >= 11 is 1.87. The van der Waals surface area contributed by atoms with E-state index in [4.69, 9.17) is 0 Å². The standard InChI is InChI=1S/C15H32N4S.HI/c1-12(2)19(13-7-8-13)10-9-17-14(16-5)18-11-15(3,4)20-6;/h12-13H,7-11H2,1-6H3,(H2,16,17,18);1H. The fraction of sp³-hybridized carbons (Fsp3) is 0.933. The number of thioether (sulfide) groups is 1. The van der Waals surface area contributed by atoms with Gasteiger partial charge in [0.2, 0.25) is 0 Å². The number of guanidine groups is 1. The lowest BCUT2D eigenvalue weighted by molar-refractivity contribution is 0.215. The second kappa shape index (κ2) is 10.2. The first kappa shape index (κ1) is 21.3. The molecule has 2 N–H and O–H groups in total. The number of hydrogen-bond acceptors (Lipinski definition) is 3. The Morgan fingerprint density at radius 3 is 2.38 bits per heavy atom. The second-order valence-electron chi connectivity index (χ2n) is 6.38. The van der Waals surface area contributed by atoms with Gasteiger partial charge in [0.1, 0.15) is 0 Å². The fourth-order valence-corrected chi connectivity index (χ4v) is 2.38. The first-order valence-corrected chi connectivity index (χ1v) is 8.87. The third-order valence-corrected chi connectivity index (χ3v) is 5.05. The summed E-state index contributed by atoms with van der Waals surface area (Å²) in [5, 5.41) is 6.83. The van der Waals surface area contributed by atoms with Crippen molar-refractivity contribution in [2.75, 3.05) is 32.9 Å². The van der Waals surface area contributed by atoms with E-state index in [1.165, 1.54) is 12.8 Å². The Kier molecular flexibility index (Phi) is 10.3. The van der Waals surface area contributed by atoms with E-state index < -0.39 is 0 Å². The third kappa shape index (κ3) is 8.50. The summed E-state index contributed by atoms with van der Waals surface area (Å²) in [4.78, 5) is 6.88. The van der Waals surface area contributed by atoms with Crippen molar-refractivity contribution in [1.82, 2.24) is 15.5 Å². The molecule has 0 spiro atoms. The van der Waals surface area contributed by atoms with Gasteiger partial charge >= 0.3 is 0 Å². The summed E-state index contributed by atoms with van der Waals surface area (Å²) in [7, 11) is 1.84. The predicted molar refractivity (Wildman–Crippen MR) is 107 cm³/mol. The fourth-order valence-electron chi connectivity index (χ4n) is 2.16. The van der Waals surface area contributed by atoms with E-state index in [-0.39, 0.29) is 28.7 Å². The zero-order valence-electron chi connectivity index (χ0n) is 14.4. The van der Waals surface area contributed by atoms with E-state index in [9.17, 15) is 0 Å². The van der Waals surface area contributed by atoms with Crippen molar-refractivity contribution >= 4 is 41.7 Å². The van der Waals surface area contributed by atoms with Gasteiger partial charge in [0.25, 0.3) is 0 Å². The van der Waals surface area contributed by atoms with Crippen LogP contribution in [0.4, 0.5) is 0 Å². The Labute approximate surface area is 152 Å². The van der Waals surface area contributed by atoms with E-state index in [1.807, 2.05) is 18.8 Å². The molecule has 1 rings (SSSR count). The maximum Gasteiger partial charge on any atom is 0.191 e. The maximum absolute atomic E-state index is 4.29. The highest BCUT2D eigenvalue weighted by Crippen LogP contribution is 2.27. The molecule has 0 saturated heterocycles. The van der Waals surface area contributed by atoms with E-state index >= 15 is 0 Å². The van der Waals surface area contributed by atoms with Crippen molar-refractivity contribution in [2.24, 2.45) is 4.99 Å². The highest BCUT2D eigenvalue weighted by atomic mass is 127. The van der Waals surface area contributed by atoms with E-state index in [1.54, 1.807) is 0 Å². The lowest BCUT2D eigenvalue weighted by Crippen LogP contribution is -2.46. The van der Waals surface area contributed by atoms with Crippen LogP contribution in [-0.2, 0) is 0 Å². The van der Waals surface area contributed by atoms with Crippen molar-refractivity contribution in [3.05, 3.63) is 0 Å².